The van der Waals surface area contributed by atoms with Crippen molar-refractivity contribution < 1.29 is 4.79 Å². The Morgan fingerprint density at radius 1 is 0.833 bits per heavy atom. The molecule has 1 aliphatic heterocycles. The van der Waals surface area contributed by atoms with E-state index < -0.39 is 0 Å². The number of amides is 1. The number of hydrogen-bond donors (Lipinski definition) is 1. The third kappa shape index (κ3) is 4.55. The van der Waals surface area contributed by atoms with Gasteiger partial charge in [0.25, 0.3) is 0 Å². The van der Waals surface area contributed by atoms with Crippen molar-refractivity contribution >= 4 is 17.3 Å². The summed E-state index contributed by atoms with van der Waals surface area (Å²) in [6, 6.07) is 26.5. The van der Waals surface area contributed by atoms with Crippen molar-refractivity contribution in [1.29, 1.82) is 0 Å². The molecule has 1 N–H and O–H groups in total. The van der Waals surface area contributed by atoms with Gasteiger partial charge in [-0.2, -0.15) is 0 Å². The molecule has 0 aliphatic carbocycles. The van der Waals surface area contributed by atoms with Crippen molar-refractivity contribution in [2.75, 3.05) is 36.4 Å². The molecule has 1 unspecified atom stereocenters. The summed E-state index contributed by atoms with van der Waals surface area (Å²) in [6.07, 6.45) is 0. The summed E-state index contributed by atoms with van der Waals surface area (Å²) in [4.78, 5) is 18.2. The molecule has 4 nitrogen and oxygen atoms in total. The number of hydrogen-bond acceptors (Lipinski definition) is 3. The first-order valence-electron chi connectivity index (χ1n) is 10.6. The van der Waals surface area contributed by atoms with E-state index in [1.807, 2.05) is 44.2 Å². The van der Waals surface area contributed by atoms with E-state index in [9.17, 15) is 4.79 Å². The van der Waals surface area contributed by atoms with Gasteiger partial charge in [-0.25, -0.2) is 0 Å². The van der Waals surface area contributed by atoms with Gasteiger partial charge in [0, 0.05) is 37.6 Å². The highest BCUT2D eigenvalue weighted by Crippen LogP contribution is 2.27. The zero-order valence-corrected chi connectivity index (χ0v) is 17.7. The van der Waals surface area contributed by atoms with Crippen molar-refractivity contribution in [3.8, 4) is 0 Å². The number of carbonyl (C=O) groups is 1. The summed E-state index contributed by atoms with van der Waals surface area (Å²) in [5, 5.41) is 3.20. The maximum absolute atomic E-state index is 13.5. The molecule has 0 aromatic heterocycles. The number of anilines is 2. The zero-order chi connectivity index (χ0) is 20.9. The van der Waals surface area contributed by atoms with Crippen LogP contribution >= 0.6 is 0 Å². The predicted molar refractivity (Wildman–Crippen MR) is 124 cm³/mol. The van der Waals surface area contributed by atoms with Gasteiger partial charge in [0.05, 0.1) is 0 Å². The maximum atomic E-state index is 13.5. The number of piperazine rings is 1. The molecule has 1 amide bonds. The number of aryl methyl sites for hydroxylation is 2. The molecular formula is C26H29N3O. The van der Waals surface area contributed by atoms with E-state index in [0.717, 1.165) is 48.6 Å². The van der Waals surface area contributed by atoms with Crippen LogP contribution in [0.5, 0.6) is 0 Å². The fraction of sp³-hybridized carbons (Fsp3) is 0.269. The highest BCUT2D eigenvalue weighted by Gasteiger charge is 2.30. The van der Waals surface area contributed by atoms with Crippen LogP contribution in [0.2, 0.25) is 0 Å². The molecule has 1 saturated heterocycles. The van der Waals surface area contributed by atoms with Crippen LogP contribution in [0, 0.1) is 13.8 Å². The number of nitrogens with one attached hydrogen (secondary N) is 1. The summed E-state index contributed by atoms with van der Waals surface area (Å²) in [7, 11) is 0. The average Bonchev–Trinajstić information content (AvgIpc) is 2.78. The van der Waals surface area contributed by atoms with E-state index in [1.165, 1.54) is 5.69 Å². The van der Waals surface area contributed by atoms with Crippen LogP contribution in [-0.2, 0) is 4.79 Å². The van der Waals surface area contributed by atoms with Crippen LogP contribution in [0.15, 0.2) is 78.9 Å². The lowest BCUT2D eigenvalue weighted by molar-refractivity contribution is -0.121. The molecule has 1 atom stereocenters. The first-order chi connectivity index (χ1) is 14.6. The van der Waals surface area contributed by atoms with Crippen LogP contribution in [0.1, 0.15) is 22.7 Å². The number of para-hydroxylation sites is 1. The van der Waals surface area contributed by atoms with Crippen molar-refractivity contribution in [2.45, 2.75) is 19.9 Å². The molecule has 4 heteroatoms. The number of carbonyl (C=O) groups excluding carboxylic acids is 1. The van der Waals surface area contributed by atoms with Crippen LogP contribution in [0.25, 0.3) is 0 Å². The Kier molecular flexibility index (Phi) is 6.15. The molecule has 0 bridgehead atoms. The standard InChI is InChI=1S/C26H29N3O/c1-20-13-14-21(2)24(19-20)27-26(30)25(22-9-5-3-6-10-22)29-17-15-28(16-18-29)23-11-7-4-8-12-23/h3-14,19,25H,15-18H2,1-2H3,(H,27,30). The molecular weight excluding hydrogens is 370 g/mol. The smallest absolute Gasteiger partial charge is 0.246 e. The second kappa shape index (κ2) is 9.14. The molecule has 1 fully saturated rings. The highest BCUT2D eigenvalue weighted by atomic mass is 16.2. The molecule has 1 aliphatic rings. The Morgan fingerprint density at radius 2 is 1.47 bits per heavy atom. The molecule has 30 heavy (non-hydrogen) atoms. The molecule has 0 spiro atoms. The minimum atomic E-state index is -0.302. The Bertz CT molecular complexity index is 980. The average molecular weight is 400 g/mol. The summed E-state index contributed by atoms with van der Waals surface area (Å²) in [5.74, 6) is 0.0306. The molecule has 4 rings (SSSR count). The van der Waals surface area contributed by atoms with Gasteiger partial charge in [-0.05, 0) is 48.7 Å². The predicted octanol–water partition coefficient (Wildman–Crippen LogP) is 4.81. The van der Waals surface area contributed by atoms with E-state index in [0.29, 0.717) is 0 Å². The van der Waals surface area contributed by atoms with Crippen LogP contribution in [-0.4, -0.2) is 37.0 Å². The summed E-state index contributed by atoms with van der Waals surface area (Å²) in [5.41, 5.74) is 5.39. The minimum absolute atomic E-state index is 0.0306. The minimum Gasteiger partial charge on any atom is -0.369 e. The van der Waals surface area contributed by atoms with E-state index in [1.54, 1.807) is 0 Å². The third-order valence-corrected chi connectivity index (χ3v) is 5.82. The van der Waals surface area contributed by atoms with Gasteiger partial charge < -0.3 is 10.2 Å². The monoisotopic (exact) mass is 399 g/mol. The van der Waals surface area contributed by atoms with Gasteiger partial charge >= 0.3 is 0 Å². The van der Waals surface area contributed by atoms with Crippen molar-refractivity contribution in [3.05, 3.63) is 95.6 Å². The normalized spacial score (nSPS) is 15.6. The lowest BCUT2D eigenvalue weighted by Gasteiger charge is -2.39. The van der Waals surface area contributed by atoms with Crippen molar-refractivity contribution in [1.82, 2.24) is 4.90 Å². The second-order valence-electron chi connectivity index (χ2n) is 7.98. The lowest BCUT2D eigenvalue weighted by atomic mass is 10.0. The zero-order valence-electron chi connectivity index (χ0n) is 17.7. The fourth-order valence-electron chi connectivity index (χ4n) is 4.11. The number of benzene rings is 3. The van der Waals surface area contributed by atoms with Gasteiger partial charge in [0.15, 0.2) is 0 Å². The third-order valence-electron chi connectivity index (χ3n) is 5.82. The first kappa shape index (κ1) is 20.2. The largest absolute Gasteiger partial charge is 0.369 e. The lowest BCUT2D eigenvalue weighted by Crippen LogP contribution is -2.50. The maximum Gasteiger partial charge on any atom is 0.246 e. The number of rotatable bonds is 5. The van der Waals surface area contributed by atoms with Crippen LogP contribution in [0.3, 0.4) is 0 Å². The second-order valence-corrected chi connectivity index (χ2v) is 7.98. The van der Waals surface area contributed by atoms with Gasteiger partial charge in [-0.15, -0.1) is 0 Å². The molecule has 0 saturated carbocycles. The van der Waals surface area contributed by atoms with Gasteiger partial charge in [0.2, 0.25) is 5.91 Å². The number of nitrogens with zero attached hydrogens (tertiary/aromatic N) is 2. The molecule has 3 aromatic rings. The fourth-order valence-corrected chi connectivity index (χ4v) is 4.11. The summed E-state index contributed by atoms with van der Waals surface area (Å²) >= 11 is 0. The van der Waals surface area contributed by atoms with E-state index >= 15 is 0 Å². The van der Waals surface area contributed by atoms with Crippen LogP contribution < -0.4 is 10.2 Å². The summed E-state index contributed by atoms with van der Waals surface area (Å²) in [6.45, 7) is 7.58. The van der Waals surface area contributed by atoms with E-state index in [2.05, 4.69) is 63.6 Å². The first-order valence-corrected chi connectivity index (χ1v) is 10.6. The van der Waals surface area contributed by atoms with Gasteiger partial charge in [-0.3, -0.25) is 9.69 Å². The molecule has 0 radical (unpaired) electrons. The summed E-state index contributed by atoms with van der Waals surface area (Å²) < 4.78 is 0. The quantitative estimate of drug-likeness (QED) is 0.669. The topological polar surface area (TPSA) is 35.6 Å². The van der Waals surface area contributed by atoms with Gasteiger partial charge in [-0.1, -0.05) is 60.7 Å². The van der Waals surface area contributed by atoms with Gasteiger partial charge in [0.1, 0.15) is 6.04 Å². The molecule has 154 valence electrons. The van der Waals surface area contributed by atoms with Crippen molar-refractivity contribution in [2.24, 2.45) is 0 Å². The Labute approximate surface area is 179 Å². The van der Waals surface area contributed by atoms with Crippen molar-refractivity contribution in [3.63, 3.8) is 0 Å². The Morgan fingerprint density at radius 3 is 2.13 bits per heavy atom. The van der Waals surface area contributed by atoms with Crippen LogP contribution in [0.4, 0.5) is 11.4 Å². The Hall–Kier alpha value is -3.11. The SMILES string of the molecule is Cc1ccc(C)c(NC(=O)C(c2ccccc2)N2CCN(c3ccccc3)CC2)c1. The highest BCUT2D eigenvalue weighted by molar-refractivity contribution is 5.96. The van der Waals surface area contributed by atoms with E-state index in [4.69, 9.17) is 0 Å². The molecule has 1 heterocycles. The Balaban J connectivity index is 1.54. The molecule has 3 aromatic carbocycles. The van der Waals surface area contributed by atoms with E-state index in [-0.39, 0.29) is 11.9 Å².